The van der Waals surface area contributed by atoms with Crippen molar-refractivity contribution in [3.63, 3.8) is 0 Å². The summed E-state index contributed by atoms with van der Waals surface area (Å²) in [5, 5.41) is 15.6. The van der Waals surface area contributed by atoms with E-state index in [0.29, 0.717) is 12.4 Å². The molecule has 3 N–H and O–H groups in total. The molecule has 106 valence electrons. The van der Waals surface area contributed by atoms with Crippen LogP contribution in [0.5, 0.6) is 5.75 Å². The Bertz CT molecular complexity index is 610. The zero-order chi connectivity index (χ0) is 13.9. The molecule has 0 spiro atoms. The van der Waals surface area contributed by atoms with Crippen LogP contribution in [0.3, 0.4) is 0 Å². The lowest BCUT2D eigenvalue weighted by Crippen LogP contribution is -2.46. The Morgan fingerprint density at radius 2 is 1.85 bits per heavy atom. The van der Waals surface area contributed by atoms with E-state index in [9.17, 15) is 9.90 Å². The molecule has 1 aromatic heterocycles. The first kappa shape index (κ1) is 12.7. The summed E-state index contributed by atoms with van der Waals surface area (Å²) in [6.45, 7) is 4.31. The normalized spacial score (nSPS) is 16.5. The number of hydrogen-bond acceptors (Lipinski definition) is 5. The van der Waals surface area contributed by atoms with Gasteiger partial charge in [-0.05, 0) is 24.3 Å². The first-order valence-corrected chi connectivity index (χ1v) is 6.60. The molecule has 3 rings (SSSR count). The van der Waals surface area contributed by atoms with Gasteiger partial charge in [-0.15, -0.1) is 0 Å². The maximum Gasteiger partial charge on any atom is 0.340 e. The van der Waals surface area contributed by atoms with Crippen LogP contribution in [0.1, 0.15) is 5.82 Å². The summed E-state index contributed by atoms with van der Waals surface area (Å²) in [6, 6.07) is 7.26. The summed E-state index contributed by atoms with van der Waals surface area (Å²) < 4.78 is 0. The van der Waals surface area contributed by atoms with Crippen LogP contribution < -0.4 is 10.6 Å². The standard InChI is InChI=1S/C13H17N5O2/c19-11-3-1-10(2-4-11)18-7-5-17(6-8-18)9-12-14-13(20)16-15-12/h1-4,19H,5-9H2,(H2,14,15,16,20). The van der Waals surface area contributed by atoms with E-state index in [4.69, 9.17) is 0 Å². The molecule has 7 heteroatoms. The number of aromatic hydroxyl groups is 1. The van der Waals surface area contributed by atoms with Crippen molar-refractivity contribution in [2.75, 3.05) is 31.1 Å². The van der Waals surface area contributed by atoms with E-state index in [0.717, 1.165) is 31.9 Å². The largest absolute Gasteiger partial charge is 0.508 e. The van der Waals surface area contributed by atoms with Crippen LogP contribution in [0.25, 0.3) is 0 Å². The molecule has 20 heavy (non-hydrogen) atoms. The van der Waals surface area contributed by atoms with Crippen LogP contribution in [0.4, 0.5) is 5.69 Å². The highest BCUT2D eigenvalue weighted by atomic mass is 16.3. The van der Waals surface area contributed by atoms with Gasteiger partial charge < -0.3 is 10.0 Å². The van der Waals surface area contributed by atoms with Crippen molar-refractivity contribution in [1.82, 2.24) is 20.1 Å². The number of rotatable bonds is 3. The van der Waals surface area contributed by atoms with E-state index in [1.54, 1.807) is 12.1 Å². The van der Waals surface area contributed by atoms with Crippen LogP contribution in [-0.4, -0.2) is 51.4 Å². The van der Waals surface area contributed by atoms with E-state index in [2.05, 4.69) is 25.0 Å². The Balaban J connectivity index is 1.56. The third-order valence-electron chi connectivity index (χ3n) is 3.51. The average molecular weight is 275 g/mol. The van der Waals surface area contributed by atoms with Crippen molar-refractivity contribution in [2.24, 2.45) is 0 Å². The lowest BCUT2D eigenvalue weighted by Gasteiger charge is -2.35. The van der Waals surface area contributed by atoms with Crippen molar-refractivity contribution in [3.8, 4) is 5.75 Å². The minimum absolute atomic E-state index is 0.261. The van der Waals surface area contributed by atoms with Gasteiger partial charge in [-0.2, -0.15) is 5.10 Å². The van der Waals surface area contributed by atoms with E-state index in [1.165, 1.54) is 0 Å². The number of aromatic amines is 2. The van der Waals surface area contributed by atoms with E-state index in [-0.39, 0.29) is 11.4 Å². The molecule has 1 aliphatic rings. The number of benzene rings is 1. The van der Waals surface area contributed by atoms with Crippen LogP contribution in [0.15, 0.2) is 29.1 Å². The highest BCUT2D eigenvalue weighted by Crippen LogP contribution is 2.19. The zero-order valence-electron chi connectivity index (χ0n) is 11.0. The highest BCUT2D eigenvalue weighted by Gasteiger charge is 2.18. The third kappa shape index (κ3) is 2.83. The Morgan fingerprint density at radius 1 is 1.15 bits per heavy atom. The van der Waals surface area contributed by atoms with Crippen molar-refractivity contribution in [3.05, 3.63) is 40.6 Å². The molecule has 2 heterocycles. The van der Waals surface area contributed by atoms with Crippen LogP contribution in [-0.2, 0) is 6.54 Å². The summed E-state index contributed by atoms with van der Waals surface area (Å²) in [6.07, 6.45) is 0. The number of anilines is 1. The molecule has 1 fully saturated rings. The lowest BCUT2D eigenvalue weighted by molar-refractivity contribution is 0.244. The lowest BCUT2D eigenvalue weighted by atomic mass is 10.2. The number of H-pyrrole nitrogens is 2. The van der Waals surface area contributed by atoms with E-state index in [1.807, 2.05) is 12.1 Å². The summed E-state index contributed by atoms with van der Waals surface area (Å²) >= 11 is 0. The fourth-order valence-corrected chi connectivity index (χ4v) is 2.42. The van der Waals surface area contributed by atoms with Gasteiger partial charge in [0.2, 0.25) is 0 Å². The Kier molecular flexibility index (Phi) is 3.42. The van der Waals surface area contributed by atoms with Gasteiger partial charge in [0.15, 0.2) is 0 Å². The van der Waals surface area contributed by atoms with Crippen molar-refractivity contribution < 1.29 is 5.11 Å². The van der Waals surface area contributed by atoms with Gasteiger partial charge in [0.1, 0.15) is 11.6 Å². The second kappa shape index (κ2) is 5.38. The van der Waals surface area contributed by atoms with Gasteiger partial charge in [-0.25, -0.2) is 9.89 Å². The molecule has 0 aliphatic carbocycles. The Labute approximate surface area is 115 Å². The molecule has 1 saturated heterocycles. The van der Waals surface area contributed by atoms with Gasteiger partial charge in [0.05, 0.1) is 6.54 Å². The number of aromatic nitrogens is 3. The molecule has 0 amide bonds. The minimum Gasteiger partial charge on any atom is -0.508 e. The summed E-state index contributed by atoms with van der Waals surface area (Å²) in [7, 11) is 0. The molecule has 0 atom stereocenters. The molecule has 7 nitrogen and oxygen atoms in total. The van der Waals surface area contributed by atoms with Gasteiger partial charge >= 0.3 is 5.69 Å². The molecule has 2 aromatic rings. The fourth-order valence-electron chi connectivity index (χ4n) is 2.42. The number of phenols is 1. The second-order valence-corrected chi connectivity index (χ2v) is 4.90. The third-order valence-corrected chi connectivity index (χ3v) is 3.51. The number of piperazine rings is 1. The van der Waals surface area contributed by atoms with Crippen LogP contribution >= 0.6 is 0 Å². The average Bonchev–Trinajstić information content (AvgIpc) is 2.86. The number of nitrogens with one attached hydrogen (secondary N) is 2. The maximum atomic E-state index is 11.0. The molecule has 0 unspecified atom stereocenters. The van der Waals surface area contributed by atoms with Crippen molar-refractivity contribution >= 4 is 5.69 Å². The Morgan fingerprint density at radius 3 is 2.45 bits per heavy atom. The van der Waals surface area contributed by atoms with Crippen LogP contribution in [0, 0.1) is 0 Å². The van der Waals surface area contributed by atoms with Gasteiger partial charge in [0.25, 0.3) is 0 Å². The summed E-state index contributed by atoms with van der Waals surface area (Å²) in [4.78, 5) is 18.2. The molecule has 1 aromatic carbocycles. The molecular formula is C13H17N5O2. The minimum atomic E-state index is -0.261. The first-order valence-electron chi connectivity index (χ1n) is 6.60. The first-order chi connectivity index (χ1) is 9.70. The van der Waals surface area contributed by atoms with Crippen molar-refractivity contribution in [2.45, 2.75) is 6.54 Å². The summed E-state index contributed by atoms with van der Waals surface area (Å²) in [5.41, 5.74) is 0.860. The second-order valence-electron chi connectivity index (χ2n) is 4.90. The Hall–Kier alpha value is -2.28. The monoisotopic (exact) mass is 275 g/mol. The van der Waals surface area contributed by atoms with E-state index < -0.39 is 0 Å². The molecule has 0 radical (unpaired) electrons. The van der Waals surface area contributed by atoms with Gasteiger partial charge in [0, 0.05) is 31.9 Å². The maximum absolute atomic E-state index is 11.0. The van der Waals surface area contributed by atoms with Crippen LogP contribution in [0.2, 0.25) is 0 Å². The van der Waals surface area contributed by atoms with Gasteiger partial charge in [-0.3, -0.25) is 9.88 Å². The predicted octanol–water partition coefficient (Wildman–Crippen LogP) is 0.126. The highest BCUT2D eigenvalue weighted by molar-refractivity contribution is 5.49. The fraction of sp³-hybridized carbons (Fsp3) is 0.385. The summed E-state index contributed by atoms with van der Waals surface area (Å²) in [5.74, 6) is 0.961. The molecular weight excluding hydrogens is 258 g/mol. The molecule has 0 bridgehead atoms. The number of nitrogens with zero attached hydrogens (tertiary/aromatic N) is 3. The quantitative estimate of drug-likeness (QED) is 0.741. The molecule has 0 saturated carbocycles. The number of hydrogen-bond donors (Lipinski definition) is 3. The zero-order valence-corrected chi connectivity index (χ0v) is 11.0. The molecule has 1 aliphatic heterocycles. The van der Waals surface area contributed by atoms with Gasteiger partial charge in [-0.1, -0.05) is 0 Å². The van der Waals surface area contributed by atoms with E-state index >= 15 is 0 Å². The smallest absolute Gasteiger partial charge is 0.340 e. The van der Waals surface area contributed by atoms with Crippen molar-refractivity contribution in [1.29, 1.82) is 0 Å². The number of phenolic OH excluding ortho intramolecular Hbond substituents is 1. The topological polar surface area (TPSA) is 88.2 Å². The SMILES string of the molecule is O=c1[nH]nc(CN2CCN(c3ccc(O)cc3)CC2)[nH]1. The predicted molar refractivity (Wildman–Crippen MR) is 74.8 cm³/mol.